The van der Waals surface area contributed by atoms with Gasteiger partial charge in [-0.25, -0.2) is 9.59 Å². The molecule has 0 spiro atoms. The molecule has 2 rings (SSSR count). The van der Waals surface area contributed by atoms with Gasteiger partial charge >= 0.3 is 12.0 Å². The Morgan fingerprint density at radius 2 is 2.25 bits per heavy atom. The van der Waals surface area contributed by atoms with Crippen molar-refractivity contribution in [2.75, 3.05) is 6.54 Å². The summed E-state index contributed by atoms with van der Waals surface area (Å²) in [5, 5.41) is 16.3. The molecule has 1 aromatic heterocycles. The van der Waals surface area contributed by atoms with Gasteiger partial charge in [-0.2, -0.15) is 0 Å². The highest BCUT2D eigenvalue weighted by Gasteiger charge is 2.30. The monoisotopic (exact) mass is 298 g/mol. The Morgan fingerprint density at radius 3 is 2.85 bits per heavy atom. The van der Waals surface area contributed by atoms with Crippen molar-refractivity contribution in [1.82, 2.24) is 10.6 Å². The smallest absolute Gasteiger partial charge is 0.332 e. The van der Waals surface area contributed by atoms with Gasteiger partial charge < -0.3 is 20.5 Å². The molecule has 3 N–H and O–H groups in total. The minimum absolute atomic E-state index is 0.217. The first kappa shape index (κ1) is 14.8. The summed E-state index contributed by atoms with van der Waals surface area (Å²) < 4.78 is 5.30. The predicted octanol–water partition coefficient (Wildman–Crippen LogP) is 1.49. The number of thiophene rings is 1. The van der Waals surface area contributed by atoms with Gasteiger partial charge in [0.2, 0.25) is 0 Å². The van der Waals surface area contributed by atoms with Gasteiger partial charge in [-0.1, -0.05) is 0 Å². The third-order valence-corrected chi connectivity index (χ3v) is 4.27. The van der Waals surface area contributed by atoms with Crippen molar-refractivity contribution in [1.29, 1.82) is 0 Å². The fourth-order valence-electron chi connectivity index (χ4n) is 2.05. The van der Waals surface area contributed by atoms with Crippen molar-refractivity contribution in [3.05, 3.63) is 21.9 Å². The molecule has 1 fully saturated rings. The SMILES string of the molecule is Cc1ccsc1CNC(=O)NCC1CCC(C(=O)O)O1. The molecular formula is C13H18N2O4S. The normalized spacial score (nSPS) is 21.6. The lowest BCUT2D eigenvalue weighted by atomic mass is 10.2. The van der Waals surface area contributed by atoms with Crippen molar-refractivity contribution < 1.29 is 19.4 Å². The minimum atomic E-state index is -0.940. The molecule has 1 saturated heterocycles. The molecule has 2 amide bonds. The maximum Gasteiger partial charge on any atom is 0.332 e. The average Bonchev–Trinajstić information content (AvgIpc) is 3.03. The zero-order valence-electron chi connectivity index (χ0n) is 11.2. The minimum Gasteiger partial charge on any atom is -0.479 e. The summed E-state index contributed by atoms with van der Waals surface area (Å²) in [6.45, 7) is 2.83. The topological polar surface area (TPSA) is 87.7 Å². The summed E-state index contributed by atoms with van der Waals surface area (Å²) in [5.74, 6) is -0.940. The number of aliphatic carboxylic acids is 1. The Labute approximate surface area is 121 Å². The highest BCUT2D eigenvalue weighted by Crippen LogP contribution is 2.19. The van der Waals surface area contributed by atoms with E-state index in [0.29, 0.717) is 25.9 Å². The number of rotatable bonds is 5. The summed E-state index contributed by atoms with van der Waals surface area (Å²) in [5.41, 5.74) is 1.17. The molecule has 0 saturated carbocycles. The average molecular weight is 298 g/mol. The highest BCUT2D eigenvalue weighted by atomic mass is 32.1. The fraction of sp³-hybridized carbons (Fsp3) is 0.538. The second kappa shape index (κ2) is 6.71. The first-order valence-corrected chi connectivity index (χ1v) is 7.37. The number of hydrogen-bond acceptors (Lipinski definition) is 4. The van der Waals surface area contributed by atoms with Crippen LogP contribution in [0.2, 0.25) is 0 Å². The Bertz CT molecular complexity index is 488. The molecule has 2 heterocycles. The number of amides is 2. The fourth-order valence-corrected chi connectivity index (χ4v) is 2.90. The Kier molecular flexibility index (Phi) is 4.97. The lowest BCUT2D eigenvalue weighted by Crippen LogP contribution is -2.39. The molecule has 2 unspecified atom stereocenters. The molecule has 6 nitrogen and oxygen atoms in total. The molecule has 0 bridgehead atoms. The number of ether oxygens (including phenoxy) is 1. The largest absolute Gasteiger partial charge is 0.479 e. The zero-order chi connectivity index (χ0) is 14.5. The van der Waals surface area contributed by atoms with Gasteiger partial charge in [-0.15, -0.1) is 11.3 Å². The van der Waals surface area contributed by atoms with Crippen molar-refractivity contribution >= 4 is 23.3 Å². The van der Waals surface area contributed by atoms with Gasteiger partial charge in [0.1, 0.15) is 0 Å². The molecule has 1 aliphatic heterocycles. The number of carbonyl (C=O) groups excluding carboxylic acids is 1. The Morgan fingerprint density at radius 1 is 1.45 bits per heavy atom. The Hall–Kier alpha value is -1.60. The number of carboxylic acids is 1. The molecular weight excluding hydrogens is 280 g/mol. The lowest BCUT2D eigenvalue weighted by molar-refractivity contribution is -0.149. The van der Waals surface area contributed by atoms with E-state index in [2.05, 4.69) is 10.6 Å². The van der Waals surface area contributed by atoms with Crippen LogP contribution in [-0.2, 0) is 16.1 Å². The van der Waals surface area contributed by atoms with Crippen LogP contribution in [0.15, 0.2) is 11.4 Å². The Balaban J connectivity index is 1.66. The molecule has 0 aromatic carbocycles. The number of aryl methyl sites for hydroxylation is 1. The van der Waals surface area contributed by atoms with Crippen LogP contribution in [-0.4, -0.2) is 35.9 Å². The first-order valence-electron chi connectivity index (χ1n) is 6.49. The van der Waals surface area contributed by atoms with Crippen LogP contribution in [0.4, 0.5) is 4.79 Å². The van der Waals surface area contributed by atoms with Crippen molar-refractivity contribution in [3.63, 3.8) is 0 Å². The number of nitrogens with one attached hydrogen (secondary N) is 2. The molecule has 0 aliphatic carbocycles. The van der Waals surface area contributed by atoms with Gasteiger partial charge in [-0.3, -0.25) is 0 Å². The van der Waals surface area contributed by atoms with Crippen molar-refractivity contribution in [2.24, 2.45) is 0 Å². The van der Waals surface area contributed by atoms with Gasteiger partial charge in [0, 0.05) is 11.4 Å². The molecule has 2 atom stereocenters. The molecule has 1 aliphatic rings. The van der Waals surface area contributed by atoms with Crippen LogP contribution >= 0.6 is 11.3 Å². The van der Waals surface area contributed by atoms with Crippen LogP contribution < -0.4 is 10.6 Å². The summed E-state index contributed by atoms with van der Waals surface area (Å²) in [6.07, 6.45) is 0.197. The van der Waals surface area contributed by atoms with E-state index in [4.69, 9.17) is 9.84 Å². The van der Waals surface area contributed by atoms with E-state index in [1.54, 1.807) is 11.3 Å². The number of hydrogen-bond donors (Lipinski definition) is 3. The van der Waals surface area contributed by atoms with Crippen LogP contribution in [0, 0.1) is 6.92 Å². The van der Waals surface area contributed by atoms with Crippen LogP contribution in [0.5, 0.6) is 0 Å². The summed E-state index contributed by atoms with van der Waals surface area (Å²) >= 11 is 1.61. The van der Waals surface area contributed by atoms with Gasteiger partial charge in [-0.05, 0) is 36.8 Å². The molecule has 110 valence electrons. The maximum atomic E-state index is 11.6. The van der Waals surface area contributed by atoms with Gasteiger partial charge in [0.25, 0.3) is 0 Å². The van der Waals surface area contributed by atoms with E-state index >= 15 is 0 Å². The van der Waals surface area contributed by atoms with E-state index < -0.39 is 12.1 Å². The molecule has 1 aromatic rings. The summed E-state index contributed by atoms with van der Waals surface area (Å²) in [7, 11) is 0. The van der Waals surface area contributed by atoms with Crippen molar-refractivity contribution in [3.8, 4) is 0 Å². The third kappa shape index (κ3) is 3.94. The zero-order valence-corrected chi connectivity index (χ0v) is 12.0. The second-order valence-electron chi connectivity index (χ2n) is 4.75. The highest BCUT2D eigenvalue weighted by molar-refractivity contribution is 7.10. The number of carbonyl (C=O) groups is 2. The third-order valence-electron chi connectivity index (χ3n) is 3.25. The summed E-state index contributed by atoms with van der Waals surface area (Å²) in [4.78, 5) is 23.5. The number of carboxylic acid groups (broad SMARTS) is 1. The molecule has 0 radical (unpaired) electrons. The van der Waals surface area contributed by atoms with E-state index in [0.717, 1.165) is 4.88 Å². The quantitative estimate of drug-likeness (QED) is 0.768. The van der Waals surface area contributed by atoms with E-state index in [1.165, 1.54) is 5.56 Å². The standard InChI is InChI=1S/C13H18N2O4S/c1-8-4-5-20-11(8)7-15-13(18)14-6-9-2-3-10(19-9)12(16)17/h4-5,9-10H,2-3,6-7H2,1H3,(H,16,17)(H2,14,15,18). The van der Waals surface area contributed by atoms with Gasteiger partial charge in [0.15, 0.2) is 6.10 Å². The predicted molar refractivity (Wildman–Crippen MR) is 74.8 cm³/mol. The van der Waals surface area contributed by atoms with Crippen LogP contribution in [0.25, 0.3) is 0 Å². The maximum absolute atomic E-state index is 11.6. The van der Waals surface area contributed by atoms with Gasteiger partial charge in [0.05, 0.1) is 12.6 Å². The molecule has 20 heavy (non-hydrogen) atoms. The lowest BCUT2D eigenvalue weighted by Gasteiger charge is -2.13. The van der Waals surface area contributed by atoms with Crippen molar-refractivity contribution in [2.45, 2.75) is 38.5 Å². The molecule has 7 heteroatoms. The number of urea groups is 1. The van der Waals surface area contributed by atoms with E-state index in [9.17, 15) is 9.59 Å². The first-order chi connectivity index (χ1) is 9.56. The summed E-state index contributed by atoms with van der Waals surface area (Å²) in [6, 6.07) is 1.75. The van der Waals surface area contributed by atoms with Crippen LogP contribution in [0.1, 0.15) is 23.3 Å². The van der Waals surface area contributed by atoms with Crippen LogP contribution in [0.3, 0.4) is 0 Å². The van der Waals surface area contributed by atoms with E-state index in [-0.39, 0.29) is 12.1 Å². The van der Waals surface area contributed by atoms with E-state index in [1.807, 2.05) is 18.4 Å². The second-order valence-corrected chi connectivity index (χ2v) is 5.75.